The van der Waals surface area contributed by atoms with Gasteiger partial charge in [-0.15, -0.1) is 0 Å². The number of aliphatic hydroxyl groups is 1. The van der Waals surface area contributed by atoms with Crippen molar-refractivity contribution in [1.82, 2.24) is 9.97 Å². The van der Waals surface area contributed by atoms with Crippen molar-refractivity contribution in [1.29, 1.82) is 0 Å². The van der Waals surface area contributed by atoms with Gasteiger partial charge in [-0.1, -0.05) is 30.2 Å². The van der Waals surface area contributed by atoms with Crippen molar-refractivity contribution < 1.29 is 19.7 Å². The van der Waals surface area contributed by atoms with Gasteiger partial charge in [0.1, 0.15) is 12.7 Å². The first-order valence-corrected chi connectivity index (χ1v) is 13.1. The fraction of sp³-hybridized carbons (Fsp3) is 0.387. The smallest absolute Gasteiger partial charge is 0.316 e. The molecule has 5 rings (SSSR count). The number of carboxylic acids is 1. The predicted octanol–water partition coefficient (Wildman–Crippen LogP) is 5.68. The molecule has 1 aromatic heterocycles. The topological polar surface area (TPSA) is 105 Å². The number of anilines is 1. The van der Waals surface area contributed by atoms with Crippen LogP contribution in [0.2, 0.25) is 0 Å². The molecule has 1 saturated carbocycles. The number of carbonyl (C=O) groups is 1. The molecule has 1 unspecified atom stereocenters. The Kier molecular flexibility index (Phi) is 6.98. The molecule has 2 aliphatic carbocycles. The molecule has 1 heterocycles. The summed E-state index contributed by atoms with van der Waals surface area (Å²) in [5.74, 6) is 1.98. The van der Waals surface area contributed by atoms with Crippen LogP contribution >= 0.6 is 0 Å². The highest BCUT2D eigenvalue weighted by Gasteiger charge is 2.54. The second kappa shape index (κ2) is 10.4. The highest BCUT2D eigenvalue weighted by molar-refractivity contribution is 5.73. The Hall–Kier alpha value is -4.05. The summed E-state index contributed by atoms with van der Waals surface area (Å²) in [7, 11) is 0. The third kappa shape index (κ3) is 5.04. The molecule has 0 radical (unpaired) electrons. The zero-order valence-corrected chi connectivity index (χ0v) is 22.1. The van der Waals surface area contributed by atoms with Crippen molar-refractivity contribution >= 4 is 11.7 Å². The summed E-state index contributed by atoms with van der Waals surface area (Å²) in [6.07, 6.45) is 5.73. The molecule has 2 aromatic carbocycles. The van der Waals surface area contributed by atoms with Gasteiger partial charge >= 0.3 is 12.0 Å². The van der Waals surface area contributed by atoms with E-state index in [9.17, 15) is 9.90 Å². The minimum Gasteiger partial charge on any atom is -0.481 e. The molecule has 3 N–H and O–H groups in total. The van der Waals surface area contributed by atoms with E-state index >= 15 is 0 Å². The van der Waals surface area contributed by atoms with Gasteiger partial charge in [-0.05, 0) is 85.4 Å². The lowest BCUT2D eigenvalue weighted by molar-refractivity contribution is -0.137. The number of fused-ring (bicyclic) bond motifs is 1. The fourth-order valence-corrected chi connectivity index (χ4v) is 5.96. The lowest BCUT2D eigenvalue weighted by atomic mass is 9.87. The predicted molar refractivity (Wildman–Crippen MR) is 146 cm³/mol. The number of ether oxygens (including phenoxy) is 1. The molecule has 7 nitrogen and oxygen atoms in total. The lowest BCUT2D eigenvalue weighted by Gasteiger charge is -2.17. The van der Waals surface area contributed by atoms with Gasteiger partial charge in [0.25, 0.3) is 0 Å². The Morgan fingerprint density at radius 1 is 1.16 bits per heavy atom. The van der Waals surface area contributed by atoms with E-state index in [-0.39, 0.29) is 17.8 Å². The van der Waals surface area contributed by atoms with Gasteiger partial charge in [0.15, 0.2) is 0 Å². The molecule has 1 spiro atoms. The first-order chi connectivity index (χ1) is 18.3. The first-order valence-electron chi connectivity index (χ1n) is 13.1. The van der Waals surface area contributed by atoms with E-state index in [0.717, 1.165) is 47.5 Å². The molecule has 0 aliphatic heterocycles. The van der Waals surface area contributed by atoms with Gasteiger partial charge in [0, 0.05) is 30.1 Å². The van der Waals surface area contributed by atoms with Crippen molar-refractivity contribution in [2.45, 2.75) is 65.3 Å². The fourth-order valence-electron chi connectivity index (χ4n) is 5.96. The van der Waals surface area contributed by atoms with E-state index < -0.39 is 5.97 Å². The highest BCUT2D eigenvalue weighted by Crippen LogP contribution is 2.64. The zero-order valence-electron chi connectivity index (χ0n) is 22.1. The van der Waals surface area contributed by atoms with Crippen molar-refractivity contribution in [3.8, 4) is 29.2 Å². The van der Waals surface area contributed by atoms with Crippen molar-refractivity contribution in [3.05, 3.63) is 70.0 Å². The van der Waals surface area contributed by atoms with Crippen molar-refractivity contribution in [3.63, 3.8) is 0 Å². The average molecular weight is 512 g/mol. The van der Waals surface area contributed by atoms with E-state index in [0.29, 0.717) is 25.6 Å². The number of hydrogen-bond acceptors (Lipinski definition) is 6. The quantitative estimate of drug-likeness (QED) is 0.251. The summed E-state index contributed by atoms with van der Waals surface area (Å²) in [6.45, 7) is 7.04. The summed E-state index contributed by atoms with van der Waals surface area (Å²) in [5.41, 5.74) is 9.89. The van der Waals surface area contributed by atoms with Crippen molar-refractivity contribution in [2.75, 3.05) is 11.9 Å². The summed E-state index contributed by atoms with van der Waals surface area (Å²) in [6, 6.07) is 13.0. The summed E-state index contributed by atoms with van der Waals surface area (Å²) >= 11 is 0. The standard InChI is InChI=1S/C31H33N3O4/c1-19-22(7-6-8-25(19)29-20(2)33-30(34-21(29)3)38-14-5-4-13-35)18-32-24-9-10-26-23(15-24)17-31(11-12-31)27(26)16-28(36)37/h6-10,15,27,32,35H,5,11-12,14,16-18H2,1-3H3,(H,36,37). The number of carboxylic acid groups (broad SMARTS) is 1. The maximum absolute atomic E-state index is 11.5. The number of aryl methyl sites for hydroxylation is 2. The molecule has 1 atom stereocenters. The van der Waals surface area contributed by atoms with Crippen LogP contribution in [0.5, 0.6) is 6.01 Å². The summed E-state index contributed by atoms with van der Waals surface area (Å²) in [5, 5.41) is 21.6. The van der Waals surface area contributed by atoms with E-state index in [1.165, 1.54) is 22.3 Å². The number of nitrogens with zero attached hydrogens (tertiary/aromatic N) is 2. The Balaban J connectivity index is 1.32. The second-order valence-electron chi connectivity index (χ2n) is 10.5. The van der Waals surface area contributed by atoms with Crippen molar-refractivity contribution in [2.24, 2.45) is 5.41 Å². The minimum absolute atomic E-state index is 0.141. The van der Waals surface area contributed by atoms with E-state index in [4.69, 9.17) is 9.84 Å². The van der Waals surface area contributed by atoms with Crippen LogP contribution in [-0.4, -0.2) is 32.8 Å². The third-order valence-corrected chi connectivity index (χ3v) is 8.06. The monoisotopic (exact) mass is 511 g/mol. The zero-order chi connectivity index (χ0) is 26.9. The Labute approximate surface area is 223 Å². The maximum Gasteiger partial charge on any atom is 0.316 e. The first kappa shape index (κ1) is 25.6. The molecule has 2 aliphatic rings. The molecular formula is C31H33N3O4. The summed E-state index contributed by atoms with van der Waals surface area (Å²) in [4.78, 5) is 20.6. The molecule has 38 heavy (non-hydrogen) atoms. The van der Waals surface area contributed by atoms with Gasteiger partial charge in [-0.25, -0.2) is 0 Å². The average Bonchev–Trinajstić information content (AvgIpc) is 3.59. The number of aliphatic carboxylic acids is 1. The minimum atomic E-state index is -0.711. The van der Waals surface area contributed by atoms with Crippen LogP contribution < -0.4 is 10.1 Å². The van der Waals surface area contributed by atoms with Crippen LogP contribution in [0.25, 0.3) is 11.1 Å². The normalized spacial score (nSPS) is 16.4. The Morgan fingerprint density at radius 2 is 1.92 bits per heavy atom. The van der Waals surface area contributed by atoms with Gasteiger partial charge < -0.3 is 20.3 Å². The number of hydrogen-bond donors (Lipinski definition) is 3. The third-order valence-electron chi connectivity index (χ3n) is 8.06. The van der Waals surface area contributed by atoms with Crippen LogP contribution in [0.3, 0.4) is 0 Å². The SMILES string of the molecule is Cc1nc(OCCC#CO)nc(C)c1-c1cccc(CNc2ccc3c(c2)CC2(CC2)C3CC(=O)O)c1C. The van der Waals surface area contributed by atoms with Gasteiger partial charge in [-0.2, -0.15) is 9.97 Å². The molecule has 7 heteroatoms. The largest absolute Gasteiger partial charge is 0.481 e. The van der Waals surface area contributed by atoms with Crippen LogP contribution in [0, 0.1) is 38.2 Å². The van der Waals surface area contributed by atoms with Crippen LogP contribution in [0.15, 0.2) is 36.4 Å². The van der Waals surface area contributed by atoms with Crippen LogP contribution in [0.1, 0.15) is 65.2 Å². The van der Waals surface area contributed by atoms with Gasteiger partial charge in [0.2, 0.25) is 0 Å². The summed E-state index contributed by atoms with van der Waals surface area (Å²) < 4.78 is 5.60. The van der Waals surface area contributed by atoms with E-state index in [2.05, 4.69) is 64.5 Å². The molecular weight excluding hydrogens is 478 g/mol. The molecule has 3 aromatic rings. The molecule has 1 fully saturated rings. The molecule has 196 valence electrons. The van der Waals surface area contributed by atoms with E-state index in [1.807, 2.05) is 20.0 Å². The van der Waals surface area contributed by atoms with E-state index in [1.54, 1.807) is 0 Å². The number of aromatic nitrogens is 2. The number of rotatable bonds is 9. The number of aliphatic hydroxyl groups excluding tert-OH is 1. The Bertz CT molecular complexity index is 1430. The molecule has 0 bridgehead atoms. The molecule has 0 saturated heterocycles. The van der Waals surface area contributed by atoms with Gasteiger partial charge in [-0.3, -0.25) is 4.79 Å². The second-order valence-corrected chi connectivity index (χ2v) is 10.5. The van der Waals surface area contributed by atoms with Gasteiger partial charge in [0.05, 0.1) is 17.8 Å². The lowest BCUT2D eigenvalue weighted by Crippen LogP contribution is -2.13. The number of nitrogens with one attached hydrogen (secondary N) is 1. The highest BCUT2D eigenvalue weighted by atomic mass is 16.5. The Morgan fingerprint density at radius 3 is 2.61 bits per heavy atom. The van der Waals surface area contributed by atoms with Crippen LogP contribution in [-0.2, 0) is 17.8 Å². The maximum atomic E-state index is 11.5. The molecule has 0 amide bonds. The van der Waals surface area contributed by atoms with Crippen LogP contribution in [0.4, 0.5) is 5.69 Å². The number of benzene rings is 2.